The van der Waals surface area contributed by atoms with Crippen molar-refractivity contribution in [2.45, 2.75) is 50.9 Å². The Morgan fingerprint density at radius 2 is 1.44 bits per heavy atom. The van der Waals surface area contributed by atoms with Crippen molar-refractivity contribution in [3.8, 4) is 28.3 Å². The molecule has 1 aliphatic heterocycles. The van der Waals surface area contributed by atoms with Crippen LogP contribution in [0.3, 0.4) is 0 Å². The van der Waals surface area contributed by atoms with E-state index in [0.29, 0.717) is 29.2 Å². The molecule has 1 fully saturated rings. The second kappa shape index (κ2) is 13.3. The van der Waals surface area contributed by atoms with Crippen LogP contribution in [-0.2, 0) is 23.7 Å². The highest BCUT2D eigenvalue weighted by Crippen LogP contribution is 2.29. The summed E-state index contributed by atoms with van der Waals surface area (Å²) in [7, 11) is 3.04. The van der Waals surface area contributed by atoms with Crippen LogP contribution in [0, 0.1) is 0 Å². The molecule has 1 N–H and O–H groups in total. The van der Waals surface area contributed by atoms with Crippen molar-refractivity contribution in [1.29, 1.82) is 0 Å². The number of alkyl halides is 3. The molecule has 0 radical (unpaired) electrons. The lowest BCUT2D eigenvalue weighted by Crippen LogP contribution is -2.60. The number of rotatable bonds is 9. The van der Waals surface area contributed by atoms with Gasteiger partial charge in [-0.2, -0.15) is 0 Å². The Labute approximate surface area is 234 Å². The highest BCUT2D eigenvalue weighted by atomic mass is 19.4. The Hall–Kier alpha value is -3.78. The third-order valence-electron chi connectivity index (χ3n) is 6.33. The summed E-state index contributed by atoms with van der Waals surface area (Å²) in [6.45, 7) is 4.08. The SMILES string of the molecule is CCO[C@@H]1[C@@H](OC)[C@H](C)O[C@@H](OC(=O)Nc2ccc(-c3ccc(-c4ccc(OC(F)(F)F)cc4)nn3)cc2)[C@@H]1OC. The third-order valence-corrected chi connectivity index (χ3v) is 6.33. The predicted molar refractivity (Wildman–Crippen MR) is 141 cm³/mol. The van der Waals surface area contributed by atoms with Gasteiger partial charge in [-0.15, -0.1) is 23.4 Å². The molecule has 0 unspecified atom stereocenters. The molecule has 1 saturated heterocycles. The van der Waals surface area contributed by atoms with Crippen LogP contribution in [-0.4, -0.2) is 74.2 Å². The molecule has 2 heterocycles. The average Bonchev–Trinajstić information content (AvgIpc) is 2.93. The zero-order valence-electron chi connectivity index (χ0n) is 22.8. The third kappa shape index (κ3) is 7.70. The predicted octanol–water partition coefficient (Wildman–Crippen LogP) is 5.44. The lowest BCUT2D eigenvalue weighted by Gasteiger charge is -2.43. The first-order valence-corrected chi connectivity index (χ1v) is 12.7. The number of methoxy groups -OCH3 is 2. The Balaban J connectivity index is 1.36. The van der Waals surface area contributed by atoms with E-state index in [1.165, 1.54) is 31.4 Å². The van der Waals surface area contributed by atoms with Crippen LogP contribution in [0.5, 0.6) is 5.75 Å². The van der Waals surface area contributed by atoms with Gasteiger partial charge in [-0.3, -0.25) is 5.32 Å². The number of nitrogens with zero attached hydrogens (tertiary/aromatic N) is 2. The van der Waals surface area contributed by atoms with Gasteiger partial charge in [0.2, 0.25) is 6.29 Å². The number of aromatic nitrogens is 2. The van der Waals surface area contributed by atoms with Crippen LogP contribution in [0.4, 0.5) is 23.7 Å². The van der Waals surface area contributed by atoms with Crippen LogP contribution in [0.15, 0.2) is 60.7 Å². The van der Waals surface area contributed by atoms with E-state index in [2.05, 4.69) is 20.3 Å². The maximum Gasteiger partial charge on any atom is 0.573 e. The number of benzene rings is 2. The number of nitrogens with one attached hydrogen (secondary N) is 1. The molecule has 0 saturated carbocycles. The summed E-state index contributed by atoms with van der Waals surface area (Å²) in [5.74, 6) is -0.322. The fraction of sp³-hybridized carbons (Fsp3) is 0.393. The average molecular weight is 578 g/mol. The number of ether oxygens (including phenoxy) is 6. The molecule has 10 nitrogen and oxygen atoms in total. The molecule has 4 rings (SSSR count). The van der Waals surface area contributed by atoms with Gasteiger partial charge >= 0.3 is 12.5 Å². The number of hydrogen-bond acceptors (Lipinski definition) is 9. The van der Waals surface area contributed by atoms with Crippen LogP contribution >= 0.6 is 0 Å². The molecule has 0 bridgehead atoms. The van der Waals surface area contributed by atoms with Crippen molar-refractivity contribution in [3.63, 3.8) is 0 Å². The second-order valence-electron chi connectivity index (χ2n) is 9.01. The summed E-state index contributed by atoms with van der Waals surface area (Å²) in [5, 5.41) is 11.0. The zero-order valence-corrected chi connectivity index (χ0v) is 22.8. The standard InChI is InChI=1S/C28H30F3N3O7/c1-5-38-24-23(36-3)16(2)39-26(25(24)37-4)40-27(35)32-19-10-6-17(7-11-19)21-14-15-22(34-33-21)18-8-12-20(13-9-18)41-28(29,30)31/h6-16,23-26H,5H2,1-4H3,(H,32,35)/t16-,23-,24+,25+,26-/m0/s1. The molecule has 0 spiro atoms. The topological polar surface area (TPSA) is 110 Å². The molecular formula is C28H30F3N3O7. The Kier molecular flexibility index (Phi) is 9.76. The van der Waals surface area contributed by atoms with Crippen molar-refractivity contribution in [1.82, 2.24) is 10.2 Å². The van der Waals surface area contributed by atoms with Gasteiger partial charge in [0.25, 0.3) is 0 Å². The van der Waals surface area contributed by atoms with Gasteiger partial charge in [-0.05, 0) is 62.4 Å². The first-order valence-electron chi connectivity index (χ1n) is 12.7. The van der Waals surface area contributed by atoms with E-state index in [1.54, 1.807) is 50.4 Å². The van der Waals surface area contributed by atoms with Gasteiger partial charge in [-0.1, -0.05) is 12.1 Å². The fourth-order valence-electron chi connectivity index (χ4n) is 4.47. The highest BCUT2D eigenvalue weighted by molar-refractivity contribution is 5.85. The second-order valence-corrected chi connectivity index (χ2v) is 9.01. The molecule has 0 aliphatic carbocycles. The van der Waals surface area contributed by atoms with E-state index < -0.39 is 43.2 Å². The summed E-state index contributed by atoms with van der Waals surface area (Å²) in [5.41, 5.74) is 2.81. The van der Waals surface area contributed by atoms with Crippen LogP contribution in [0.1, 0.15) is 13.8 Å². The van der Waals surface area contributed by atoms with E-state index in [1.807, 2.05) is 6.92 Å². The molecule has 1 aliphatic rings. The van der Waals surface area contributed by atoms with Crippen LogP contribution < -0.4 is 10.1 Å². The van der Waals surface area contributed by atoms with E-state index >= 15 is 0 Å². The lowest BCUT2D eigenvalue weighted by atomic mass is 9.99. The van der Waals surface area contributed by atoms with Gasteiger partial charge in [0.05, 0.1) is 17.5 Å². The molecule has 220 valence electrons. The van der Waals surface area contributed by atoms with Crippen LogP contribution in [0.25, 0.3) is 22.5 Å². The normalized spacial score (nSPS) is 22.7. The van der Waals surface area contributed by atoms with Crippen LogP contribution in [0.2, 0.25) is 0 Å². The van der Waals surface area contributed by atoms with E-state index in [4.69, 9.17) is 23.7 Å². The maximum atomic E-state index is 12.7. The van der Waals surface area contributed by atoms with E-state index in [-0.39, 0.29) is 5.75 Å². The van der Waals surface area contributed by atoms with E-state index in [0.717, 1.165) is 5.56 Å². The number of anilines is 1. The van der Waals surface area contributed by atoms with Crippen molar-refractivity contribution in [2.75, 3.05) is 26.1 Å². The number of carbonyl (C=O) groups is 1. The molecule has 3 aromatic rings. The molecule has 13 heteroatoms. The summed E-state index contributed by atoms with van der Waals surface area (Å²) in [4.78, 5) is 12.7. The Morgan fingerprint density at radius 3 is 1.93 bits per heavy atom. The van der Waals surface area contributed by atoms with Gasteiger partial charge in [0.1, 0.15) is 24.1 Å². The number of hydrogen-bond donors (Lipinski definition) is 1. The summed E-state index contributed by atoms with van der Waals surface area (Å²) >= 11 is 0. The summed E-state index contributed by atoms with van der Waals surface area (Å²) in [6.07, 6.45) is -8.51. The molecule has 1 amide bonds. The fourth-order valence-corrected chi connectivity index (χ4v) is 4.47. The number of carbonyl (C=O) groups excluding carboxylic acids is 1. The van der Waals surface area contributed by atoms with Gasteiger partial charge in [-0.25, -0.2) is 4.79 Å². The largest absolute Gasteiger partial charge is 0.573 e. The summed E-state index contributed by atoms with van der Waals surface area (Å²) in [6, 6.07) is 15.6. The first kappa shape index (κ1) is 30.2. The Bertz CT molecular complexity index is 1280. The highest BCUT2D eigenvalue weighted by Gasteiger charge is 2.47. The maximum absolute atomic E-state index is 12.7. The Morgan fingerprint density at radius 1 is 0.878 bits per heavy atom. The van der Waals surface area contributed by atoms with Crippen molar-refractivity contribution in [3.05, 3.63) is 60.7 Å². The van der Waals surface area contributed by atoms with Crippen molar-refractivity contribution in [2.24, 2.45) is 0 Å². The molecule has 41 heavy (non-hydrogen) atoms. The summed E-state index contributed by atoms with van der Waals surface area (Å²) < 4.78 is 69.2. The van der Waals surface area contributed by atoms with Crippen molar-refractivity contribution >= 4 is 11.8 Å². The minimum Gasteiger partial charge on any atom is -0.416 e. The number of amides is 1. The lowest BCUT2D eigenvalue weighted by molar-refractivity contribution is -0.292. The minimum absolute atomic E-state index is 0.322. The molecular weight excluding hydrogens is 547 g/mol. The van der Waals surface area contributed by atoms with Crippen molar-refractivity contribution < 1.29 is 46.4 Å². The number of halogens is 3. The zero-order chi connectivity index (χ0) is 29.6. The molecule has 1 aromatic heterocycles. The van der Waals surface area contributed by atoms with Gasteiger partial charge < -0.3 is 28.4 Å². The minimum atomic E-state index is -4.76. The smallest absolute Gasteiger partial charge is 0.416 e. The quantitative estimate of drug-likeness (QED) is 0.356. The van der Waals surface area contributed by atoms with Gasteiger partial charge in [0.15, 0.2) is 0 Å². The first-order chi connectivity index (χ1) is 19.6. The van der Waals surface area contributed by atoms with Gasteiger partial charge in [0, 0.05) is 37.6 Å². The molecule has 2 aromatic carbocycles. The van der Waals surface area contributed by atoms with E-state index in [9.17, 15) is 18.0 Å². The monoisotopic (exact) mass is 577 g/mol. The molecule has 5 atom stereocenters.